The quantitative estimate of drug-likeness (QED) is 0.492. The molecule has 152 valence electrons. The predicted octanol–water partition coefficient (Wildman–Crippen LogP) is 5.23. The summed E-state index contributed by atoms with van der Waals surface area (Å²) in [5.41, 5.74) is 1.14. The molecule has 2 N–H and O–H groups in total. The van der Waals surface area contributed by atoms with Crippen LogP contribution in [0.4, 0.5) is 16.2 Å². The van der Waals surface area contributed by atoms with Crippen molar-refractivity contribution in [2.45, 2.75) is 13.5 Å². The van der Waals surface area contributed by atoms with Crippen LogP contribution in [0.25, 0.3) is 10.8 Å². The summed E-state index contributed by atoms with van der Waals surface area (Å²) in [7, 11) is 0. The predicted molar refractivity (Wildman–Crippen MR) is 119 cm³/mol. The lowest BCUT2D eigenvalue weighted by atomic mass is 10.2. The van der Waals surface area contributed by atoms with Gasteiger partial charge in [0.1, 0.15) is 0 Å². The SMILES string of the molecule is CCn1c(O)cc2ccccc2c1=O.O=C(O)N(c1ccccc1)c1ccccc1. The molecule has 0 saturated carbocycles. The Labute approximate surface area is 173 Å². The van der Waals surface area contributed by atoms with E-state index in [2.05, 4.69) is 0 Å². The maximum atomic E-state index is 11.8. The number of nitrogens with zero attached hydrogens (tertiary/aromatic N) is 2. The Bertz CT molecular complexity index is 1150. The molecule has 1 amide bonds. The fourth-order valence-corrected chi connectivity index (χ4v) is 3.11. The Hall–Kier alpha value is -4.06. The summed E-state index contributed by atoms with van der Waals surface area (Å²) in [6.07, 6.45) is -0.989. The number of anilines is 2. The van der Waals surface area contributed by atoms with Crippen LogP contribution in [0, 0.1) is 0 Å². The zero-order valence-corrected chi connectivity index (χ0v) is 16.5. The minimum atomic E-state index is -0.989. The van der Waals surface area contributed by atoms with Gasteiger partial charge in [-0.15, -0.1) is 0 Å². The standard InChI is InChI=1S/C13H11NO2.C11H11NO2/c15-13(16)14(11-7-3-1-4-8-11)12-9-5-2-6-10-12;1-2-12-10(13)7-8-5-3-4-6-9(8)11(12)14/h1-10H,(H,15,16);3-7,13H,2H2,1H3. The van der Waals surface area contributed by atoms with Gasteiger partial charge < -0.3 is 10.2 Å². The molecule has 0 aliphatic rings. The molecule has 0 aliphatic heterocycles. The smallest absolute Gasteiger partial charge is 0.416 e. The van der Waals surface area contributed by atoms with Crippen LogP contribution in [-0.4, -0.2) is 20.9 Å². The van der Waals surface area contributed by atoms with E-state index >= 15 is 0 Å². The van der Waals surface area contributed by atoms with Gasteiger partial charge in [-0.05, 0) is 42.6 Å². The van der Waals surface area contributed by atoms with Gasteiger partial charge in [0.2, 0.25) is 0 Å². The van der Waals surface area contributed by atoms with Gasteiger partial charge >= 0.3 is 6.09 Å². The summed E-state index contributed by atoms with van der Waals surface area (Å²) in [4.78, 5) is 24.3. The molecule has 1 aromatic heterocycles. The van der Waals surface area contributed by atoms with Crippen LogP contribution < -0.4 is 10.5 Å². The molecule has 1 heterocycles. The summed E-state index contributed by atoms with van der Waals surface area (Å²) in [5.74, 6) is 0.0243. The molecule has 0 atom stereocenters. The zero-order valence-electron chi connectivity index (χ0n) is 16.5. The van der Waals surface area contributed by atoms with E-state index in [-0.39, 0.29) is 11.4 Å². The van der Waals surface area contributed by atoms with E-state index in [4.69, 9.17) is 0 Å². The highest BCUT2D eigenvalue weighted by Crippen LogP contribution is 2.24. The van der Waals surface area contributed by atoms with Crippen molar-refractivity contribution in [1.29, 1.82) is 0 Å². The van der Waals surface area contributed by atoms with Crippen molar-refractivity contribution in [2.24, 2.45) is 0 Å². The first-order chi connectivity index (χ1) is 14.5. The molecule has 0 saturated heterocycles. The van der Waals surface area contributed by atoms with Crippen molar-refractivity contribution >= 4 is 28.2 Å². The normalized spacial score (nSPS) is 10.2. The fraction of sp³-hybridized carbons (Fsp3) is 0.0833. The Morgan fingerprint density at radius 2 is 1.37 bits per heavy atom. The second-order valence-electron chi connectivity index (χ2n) is 6.43. The van der Waals surface area contributed by atoms with Crippen molar-refractivity contribution in [1.82, 2.24) is 4.57 Å². The molecule has 3 aromatic carbocycles. The average molecular weight is 402 g/mol. The molecular weight excluding hydrogens is 380 g/mol. The molecule has 30 heavy (non-hydrogen) atoms. The monoisotopic (exact) mass is 402 g/mol. The van der Waals surface area contributed by atoms with Crippen LogP contribution in [0.3, 0.4) is 0 Å². The van der Waals surface area contributed by atoms with Gasteiger partial charge in [-0.2, -0.15) is 0 Å². The molecule has 0 fully saturated rings. The van der Waals surface area contributed by atoms with E-state index in [1.165, 1.54) is 9.47 Å². The third kappa shape index (κ3) is 4.50. The van der Waals surface area contributed by atoms with Crippen LogP contribution in [-0.2, 0) is 6.54 Å². The summed E-state index contributed by atoms with van der Waals surface area (Å²) in [5, 5.41) is 20.2. The molecule has 0 spiro atoms. The summed E-state index contributed by atoms with van der Waals surface area (Å²) < 4.78 is 1.35. The molecule has 4 aromatic rings. The topological polar surface area (TPSA) is 82.8 Å². The summed E-state index contributed by atoms with van der Waals surface area (Å²) in [6, 6.07) is 26.9. The molecule has 0 bridgehead atoms. The van der Waals surface area contributed by atoms with Gasteiger partial charge in [0, 0.05) is 18.0 Å². The molecule has 6 nitrogen and oxygen atoms in total. The van der Waals surface area contributed by atoms with Crippen molar-refractivity contribution in [3.8, 4) is 5.88 Å². The Balaban J connectivity index is 0.000000172. The molecule has 0 radical (unpaired) electrons. The van der Waals surface area contributed by atoms with Gasteiger partial charge in [0.25, 0.3) is 5.56 Å². The largest absolute Gasteiger partial charge is 0.494 e. The van der Waals surface area contributed by atoms with Crippen molar-refractivity contribution < 1.29 is 15.0 Å². The van der Waals surface area contributed by atoms with E-state index < -0.39 is 6.09 Å². The number of rotatable bonds is 3. The highest BCUT2D eigenvalue weighted by atomic mass is 16.4. The summed E-state index contributed by atoms with van der Waals surface area (Å²) in [6.45, 7) is 2.31. The number of aromatic hydroxyl groups is 1. The van der Waals surface area contributed by atoms with Crippen LogP contribution in [0.1, 0.15) is 6.92 Å². The summed E-state index contributed by atoms with van der Waals surface area (Å²) >= 11 is 0. The lowest BCUT2D eigenvalue weighted by Gasteiger charge is -2.18. The first-order valence-electron chi connectivity index (χ1n) is 9.47. The van der Waals surface area contributed by atoms with E-state index in [9.17, 15) is 19.8 Å². The number of pyridine rings is 1. The van der Waals surface area contributed by atoms with Gasteiger partial charge in [0.15, 0.2) is 5.88 Å². The maximum Gasteiger partial charge on any atom is 0.416 e. The van der Waals surface area contributed by atoms with Gasteiger partial charge in [-0.1, -0.05) is 54.6 Å². The number of carbonyl (C=O) groups is 1. The van der Waals surface area contributed by atoms with Crippen LogP contribution in [0.5, 0.6) is 5.88 Å². The van der Waals surface area contributed by atoms with Crippen molar-refractivity contribution in [3.05, 3.63) is 101 Å². The van der Waals surface area contributed by atoms with Crippen LogP contribution >= 0.6 is 0 Å². The van der Waals surface area contributed by atoms with Gasteiger partial charge in [0.05, 0.1) is 11.4 Å². The molecule has 0 unspecified atom stereocenters. The highest BCUT2D eigenvalue weighted by Gasteiger charge is 2.15. The van der Waals surface area contributed by atoms with Gasteiger partial charge in [-0.25, -0.2) is 9.69 Å². The molecule has 0 aliphatic carbocycles. The number of aromatic nitrogens is 1. The average Bonchev–Trinajstić information content (AvgIpc) is 2.76. The number of amides is 1. The van der Waals surface area contributed by atoms with E-state index in [1.54, 1.807) is 36.4 Å². The maximum absolute atomic E-state index is 11.8. The molecule has 4 rings (SSSR count). The highest BCUT2D eigenvalue weighted by molar-refractivity contribution is 5.94. The second kappa shape index (κ2) is 9.43. The third-order valence-corrected chi connectivity index (χ3v) is 4.53. The van der Waals surface area contributed by atoms with Crippen molar-refractivity contribution in [3.63, 3.8) is 0 Å². The Morgan fingerprint density at radius 3 is 1.87 bits per heavy atom. The minimum absolute atomic E-state index is 0.0243. The first kappa shape index (κ1) is 20.7. The fourth-order valence-electron chi connectivity index (χ4n) is 3.11. The number of hydrogen-bond donors (Lipinski definition) is 2. The lowest BCUT2D eigenvalue weighted by molar-refractivity contribution is 0.205. The number of carboxylic acid groups (broad SMARTS) is 1. The number of fused-ring (bicyclic) bond motifs is 1. The zero-order chi connectivity index (χ0) is 21.5. The lowest BCUT2D eigenvalue weighted by Crippen LogP contribution is -2.23. The van der Waals surface area contributed by atoms with Crippen molar-refractivity contribution in [2.75, 3.05) is 4.90 Å². The van der Waals surface area contributed by atoms with E-state index in [0.29, 0.717) is 23.3 Å². The van der Waals surface area contributed by atoms with Crippen LogP contribution in [0.2, 0.25) is 0 Å². The molecular formula is C24H22N2O4. The third-order valence-electron chi connectivity index (χ3n) is 4.53. The Kier molecular flexibility index (Phi) is 6.49. The number of benzene rings is 3. The second-order valence-corrected chi connectivity index (χ2v) is 6.43. The van der Waals surface area contributed by atoms with E-state index in [1.807, 2.05) is 61.5 Å². The van der Waals surface area contributed by atoms with Gasteiger partial charge in [-0.3, -0.25) is 9.36 Å². The Morgan fingerprint density at radius 1 is 0.867 bits per heavy atom. The van der Waals surface area contributed by atoms with E-state index in [0.717, 1.165) is 5.39 Å². The minimum Gasteiger partial charge on any atom is -0.494 e. The van der Waals surface area contributed by atoms with Crippen LogP contribution in [0.15, 0.2) is 95.8 Å². The molecule has 6 heteroatoms. The number of para-hydroxylation sites is 2. The number of hydrogen-bond acceptors (Lipinski definition) is 3. The first-order valence-corrected chi connectivity index (χ1v) is 9.47.